The highest BCUT2D eigenvalue weighted by molar-refractivity contribution is 5.87. The van der Waals surface area contributed by atoms with E-state index in [1.54, 1.807) is 37.8 Å². The summed E-state index contributed by atoms with van der Waals surface area (Å²) in [6, 6.07) is 1.63. The Hall–Kier alpha value is -1.32. The highest BCUT2D eigenvalue weighted by Crippen LogP contribution is 1.99. The molecule has 0 amide bonds. The lowest BCUT2D eigenvalue weighted by atomic mass is 10.4. The summed E-state index contributed by atoms with van der Waals surface area (Å²) in [5.74, 6) is -0.370. The first-order chi connectivity index (χ1) is 5.59. The molecule has 0 N–H and O–H groups in total. The van der Waals surface area contributed by atoms with E-state index in [1.807, 2.05) is 0 Å². The monoisotopic (exact) mass is 168 g/mol. The van der Waals surface area contributed by atoms with Crippen LogP contribution in [-0.4, -0.2) is 21.9 Å². The zero-order valence-electron chi connectivity index (χ0n) is 7.44. The first-order valence-corrected chi connectivity index (χ1v) is 3.80. The van der Waals surface area contributed by atoms with E-state index in [4.69, 9.17) is 4.74 Å². The highest BCUT2D eigenvalue weighted by Gasteiger charge is 2.11. The minimum atomic E-state index is -0.370. The summed E-state index contributed by atoms with van der Waals surface area (Å²) in [5, 5.41) is 3.91. The minimum Gasteiger partial charge on any atom is -0.458 e. The Balaban J connectivity index is 2.65. The van der Waals surface area contributed by atoms with Crippen molar-refractivity contribution in [1.29, 1.82) is 0 Å². The van der Waals surface area contributed by atoms with E-state index in [2.05, 4.69) is 5.10 Å². The average molecular weight is 168 g/mol. The Morgan fingerprint density at radius 3 is 2.75 bits per heavy atom. The van der Waals surface area contributed by atoms with Crippen molar-refractivity contribution >= 4 is 5.97 Å². The maximum atomic E-state index is 11.2. The van der Waals surface area contributed by atoms with E-state index >= 15 is 0 Å². The number of esters is 1. The second-order valence-corrected chi connectivity index (χ2v) is 2.83. The number of aryl methyl sites for hydroxylation is 1. The van der Waals surface area contributed by atoms with Crippen molar-refractivity contribution in [1.82, 2.24) is 9.78 Å². The second kappa shape index (κ2) is 3.38. The van der Waals surface area contributed by atoms with Crippen molar-refractivity contribution in [2.45, 2.75) is 20.0 Å². The SMILES string of the molecule is CC(C)OC(=O)c1ccn(C)n1. The molecule has 0 aliphatic carbocycles. The molecule has 1 rings (SSSR count). The molecule has 0 aliphatic rings. The van der Waals surface area contributed by atoms with Gasteiger partial charge in [-0.1, -0.05) is 0 Å². The molecule has 1 heterocycles. The van der Waals surface area contributed by atoms with Crippen molar-refractivity contribution in [2.75, 3.05) is 0 Å². The normalized spacial score (nSPS) is 10.3. The van der Waals surface area contributed by atoms with Gasteiger partial charge in [0.25, 0.3) is 0 Å². The third-order valence-corrected chi connectivity index (χ3v) is 1.27. The van der Waals surface area contributed by atoms with E-state index in [1.165, 1.54) is 0 Å². The summed E-state index contributed by atoms with van der Waals surface area (Å²) in [5.41, 5.74) is 0.353. The smallest absolute Gasteiger partial charge is 0.359 e. The quantitative estimate of drug-likeness (QED) is 0.618. The molecule has 4 heteroatoms. The van der Waals surface area contributed by atoms with Crippen molar-refractivity contribution in [3.63, 3.8) is 0 Å². The van der Waals surface area contributed by atoms with Crippen molar-refractivity contribution in [2.24, 2.45) is 7.05 Å². The summed E-state index contributed by atoms with van der Waals surface area (Å²) in [7, 11) is 1.76. The summed E-state index contributed by atoms with van der Waals surface area (Å²) in [6.45, 7) is 3.61. The van der Waals surface area contributed by atoms with Crippen molar-refractivity contribution in [3.8, 4) is 0 Å². The van der Waals surface area contributed by atoms with Crippen LogP contribution < -0.4 is 0 Å². The molecule has 0 saturated carbocycles. The van der Waals surface area contributed by atoms with Gasteiger partial charge in [0.05, 0.1) is 6.10 Å². The fraction of sp³-hybridized carbons (Fsp3) is 0.500. The molecule has 1 aromatic rings. The number of carbonyl (C=O) groups excluding carboxylic acids is 1. The molecular weight excluding hydrogens is 156 g/mol. The Morgan fingerprint density at radius 1 is 1.67 bits per heavy atom. The topological polar surface area (TPSA) is 44.1 Å². The summed E-state index contributed by atoms with van der Waals surface area (Å²) < 4.78 is 6.50. The molecule has 0 bridgehead atoms. The predicted octanol–water partition coefficient (Wildman–Crippen LogP) is 0.985. The number of carbonyl (C=O) groups is 1. The average Bonchev–Trinajstić information content (AvgIpc) is 2.34. The Labute approximate surface area is 71.1 Å². The Bertz CT molecular complexity index is 278. The molecule has 1 aromatic heterocycles. The van der Waals surface area contributed by atoms with E-state index in [9.17, 15) is 4.79 Å². The zero-order valence-corrected chi connectivity index (χ0v) is 7.44. The van der Waals surface area contributed by atoms with Crippen LogP contribution in [0.15, 0.2) is 12.3 Å². The molecule has 66 valence electrons. The van der Waals surface area contributed by atoms with Crippen molar-refractivity contribution < 1.29 is 9.53 Å². The standard InChI is InChI=1S/C8H12N2O2/c1-6(2)12-8(11)7-4-5-10(3)9-7/h4-6H,1-3H3. The van der Waals surface area contributed by atoms with Crippen LogP contribution in [0.5, 0.6) is 0 Å². The first kappa shape index (κ1) is 8.77. The van der Waals surface area contributed by atoms with Crippen LogP contribution in [0.25, 0.3) is 0 Å². The number of nitrogens with zero attached hydrogens (tertiary/aromatic N) is 2. The van der Waals surface area contributed by atoms with Gasteiger partial charge in [-0.3, -0.25) is 4.68 Å². The number of ether oxygens (including phenoxy) is 1. The van der Waals surface area contributed by atoms with Crippen molar-refractivity contribution in [3.05, 3.63) is 18.0 Å². The van der Waals surface area contributed by atoms with Crippen LogP contribution >= 0.6 is 0 Å². The molecule has 0 aliphatic heterocycles. The lowest BCUT2D eigenvalue weighted by Gasteiger charge is -2.04. The van der Waals surface area contributed by atoms with Gasteiger partial charge in [-0.2, -0.15) is 5.10 Å². The van der Waals surface area contributed by atoms with E-state index in [0.717, 1.165) is 0 Å². The van der Waals surface area contributed by atoms with Gasteiger partial charge in [-0.15, -0.1) is 0 Å². The number of rotatable bonds is 2. The van der Waals surface area contributed by atoms with Gasteiger partial charge in [-0.05, 0) is 19.9 Å². The number of aromatic nitrogens is 2. The predicted molar refractivity (Wildman–Crippen MR) is 43.8 cm³/mol. The third kappa shape index (κ3) is 2.08. The minimum absolute atomic E-state index is 0.0977. The Kier molecular flexibility index (Phi) is 2.47. The van der Waals surface area contributed by atoms with Gasteiger partial charge in [0.15, 0.2) is 5.69 Å². The maximum absolute atomic E-state index is 11.2. The zero-order chi connectivity index (χ0) is 9.14. The molecule has 4 nitrogen and oxygen atoms in total. The van der Waals surface area contributed by atoms with Gasteiger partial charge < -0.3 is 4.74 Å². The Morgan fingerprint density at radius 2 is 2.33 bits per heavy atom. The first-order valence-electron chi connectivity index (χ1n) is 3.80. The molecular formula is C8H12N2O2. The fourth-order valence-electron chi connectivity index (χ4n) is 0.798. The van der Waals surface area contributed by atoms with Crippen LogP contribution in [0.2, 0.25) is 0 Å². The second-order valence-electron chi connectivity index (χ2n) is 2.83. The van der Waals surface area contributed by atoms with E-state index < -0.39 is 0 Å². The van der Waals surface area contributed by atoms with Crippen LogP contribution in [0.4, 0.5) is 0 Å². The molecule has 0 aromatic carbocycles. The van der Waals surface area contributed by atoms with Crippen LogP contribution in [0, 0.1) is 0 Å². The van der Waals surface area contributed by atoms with E-state index in [0.29, 0.717) is 5.69 Å². The summed E-state index contributed by atoms with van der Waals surface area (Å²) >= 11 is 0. The molecule has 0 fully saturated rings. The largest absolute Gasteiger partial charge is 0.458 e. The van der Waals surface area contributed by atoms with Gasteiger partial charge in [0.1, 0.15) is 0 Å². The lowest BCUT2D eigenvalue weighted by molar-refractivity contribution is 0.0370. The van der Waals surface area contributed by atoms with Gasteiger partial charge >= 0.3 is 5.97 Å². The summed E-state index contributed by atoms with van der Waals surface area (Å²) in [4.78, 5) is 11.2. The summed E-state index contributed by atoms with van der Waals surface area (Å²) in [6.07, 6.45) is 1.61. The van der Waals surface area contributed by atoms with Gasteiger partial charge in [0, 0.05) is 13.2 Å². The van der Waals surface area contributed by atoms with Crippen LogP contribution in [-0.2, 0) is 11.8 Å². The number of hydrogen-bond acceptors (Lipinski definition) is 3. The fourth-order valence-corrected chi connectivity index (χ4v) is 0.798. The molecule has 0 atom stereocenters. The van der Waals surface area contributed by atoms with Crippen LogP contribution in [0.1, 0.15) is 24.3 Å². The van der Waals surface area contributed by atoms with E-state index in [-0.39, 0.29) is 12.1 Å². The highest BCUT2D eigenvalue weighted by atomic mass is 16.5. The molecule has 0 unspecified atom stereocenters. The molecule has 0 saturated heterocycles. The molecule has 0 radical (unpaired) electrons. The molecule has 0 spiro atoms. The maximum Gasteiger partial charge on any atom is 0.359 e. The van der Waals surface area contributed by atoms with Crippen LogP contribution in [0.3, 0.4) is 0 Å². The van der Waals surface area contributed by atoms with Gasteiger partial charge in [-0.25, -0.2) is 4.79 Å². The van der Waals surface area contributed by atoms with Gasteiger partial charge in [0.2, 0.25) is 0 Å². The third-order valence-electron chi connectivity index (χ3n) is 1.27. The molecule has 12 heavy (non-hydrogen) atoms. The number of hydrogen-bond donors (Lipinski definition) is 0. The lowest BCUT2D eigenvalue weighted by Crippen LogP contribution is -2.12.